The zero-order chi connectivity index (χ0) is 14.6. The lowest BCUT2D eigenvalue weighted by Gasteiger charge is -2.34. The predicted octanol–water partition coefficient (Wildman–Crippen LogP) is 1.36. The first kappa shape index (κ1) is 15.2. The van der Waals surface area contributed by atoms with E-state index in [1.54, 1.807) is 18.3 Å². The monoisotopic (exact) mass is 299 g/mol. The van der Waals surface area contributed by atoms with Gasteiger partial charge < -0.3 is 10.1 Å². The lowest BCUT2D eigenvalue weighted by molar-refractivity contribution is 0.0537. The summed E-state index contributed by atoms with van der Waals surface area (Å²) in [6.07, 6.45) is 2.92. The zero-order valence-electron chi connectivity index (χ0n) is 11.8. The van der Waals surface area contributed by atoms with Gasteiger partial charge in [-0.1, -0.05) is 0 Å². The summed E-state index contributed by atoms with van der Waals surface area (Å²) in [5.74, 6) is 0.387. The summed E-state index contributed by atoms with van der Waals surface area (Å²) in [7, 11) is -3.60. The molecule has 2 heterocycles. The van der Waals surface area contributed by atoms with Gasteiger partial charge in [-0.25, -0.2) is 18.1 Å². The van der Waals surface area contributed by atoms with Crippen molar-refractivity contribution in [1.82, 2.24) is 9.71 Å². The van der Waals surface area contributed by atoms with Crippen molar-refractivity contribution in [2.45, 2.75) is 37.1 Å². The second kappa shape index (κ2) is 6.07. The molecule has 0 bridgehead atoms. The van der Waals surface area contributed by atoms with Crippen LogP contribution < -0.4 is 10.0 Å². The standard InChI is InChI=1S/C13H21N3O3S/c1-3-14-12-11(5-4-8-15-12)20(17,18)16-13(2)6-9-19-10-7-13/h4-5,8,16H,3,6-7,9-10H2,1-2H3,(H,14,15). The van der Waals surface area contributed by atoms with Crippen molar-refractivity contribution in [3.05, 3.63) is 18.3 Å². The SMILES string of the molecule is CCNc1ncccc1S(=O)(=O)NC1(C)CCOCC1. The Morgan fingerprint density at radius 1 is 1.40 bits per heavy atom. The third-order valence-electron chi connectivity index (χ3n) is 3.38. The lowest BCUT2D eigenvalue weighted by Crippen LogP contribution is -2.49. The van der Waals surface area contributed by atoms with Crippen molar-refractivity contribution in [2.75, 3.05) is 25.1 Å². The van der Waals surface area contributed by atoms with Gasteiger partial charge in [0.2, 0.25) is 10.0 Å². The summed E-state index contributed by atoms with van der Waals surface area (Å²) in [5.41, 5.74) is -0.462. The van der Waals surface area contributed by atoms with E-state index in [0.29, 0.717) is 38.4 Å². The van der Waals surface area contributed by atoms with Crippen LogP contribution in [-0.2, 0) is 14.8 Å². The number of nitrogens with zero attached hydrogens (tertiary/aromatic N) is 1. The van der Waals surface area contributed by atoms with E-state index in [0.717, 1.165) is 0 Å². The Bertz CT molecular complexity index is 554. The third kappa shape index (κ3) is 3.47. The average molecular weight is 299 g/mol. The minimum atomic E-state index is -3.60. The van der Waals surface area contributed by atoms with Crippen LogP contribution in [-0.4, -0.2) is 38.7 Å². The van der Waals surface area contributed by atoms with Gasteiger partial charge in [0, 0.05) is 31.5 Å². The first-order valence-corrected chi connectivity index (χ1v) is 8.26. The van der Waals surface area contributed by atoms with Crippen molar-refractivity contribution in [3.63, 3.8) is 0 Å². The highest BCUT2D eigenvalue weighted by molar-refractivity contribution is 7.89. The zero-order valence-corrected chi connectivity index (χ0v) is 12.7. The Labute approximate surface area is 120 Å². The molecule has 1 aliphatic heterocycles. The summed E-state index contributed by atoms with van der Waals surface area (Å²) in [6, 6.07) is 3.19. The number of nitrogens with one attached hydrogen (secondary N) is 2. The van der Waals surface area contributed by atoms with Gasteiger partial charge in [0.05, 0.1) is 0 Å². The number of pyridine rings is 1. The van der Waals surface area contributed by atoms with Crippen LogP contribution in [0.2, 0.25) is 0 Å². The highest BCUT2D eigenvalue weighted by atomic mass is 32.2. The average Bonchev–Trinajstić information content (AvgIpc) is 2.39. The molecule has 2 rings (SSSR count). The highest BCUT2D eigenvalue weighted by Crippen LogP contribution is 2.25. The summed E-state index contributed by atoms with van der Waals surface area (Å²) < 4.78 is 33.2. The second-order valence-electron chi connectivity index (χ2n) is 5.16. The van der Waals surface area contributed by atoms with Crippen LogP contribution in [0.5, 0.6) is 0 Å². The smallest absolute Gasteiger partial charge is 0.244 e. The first-order valence-electron chi connectivity index (χ1n) is 6.77. The van der Waals surface area contributed by atoms with E-state index in [1.807, 2.05) is 13.8 Å². The molecule has 0 atom stereocenters. The van der Waals surface area contributed by atoms with Gasteiger partial charge in [-0.05, 0) is 38.8 Å². The van der Waals surface area contributed by atoms with Gasteiger partial charge in [-0.3, -0.25) is 0 Å². The van der Waals surface area contributed by atoms with Crippen molar-refractivity contribution < 1.29 is 13.2 Å². The minimum Gasteiger partial charge on any atom is -0.381 e. The van der Waals surface area contributed by atoms with Crippen molar-refractivity contribution in [1.29, 1.82) is 0 Å². The molecule has 0 aromatic carbocycles. The number of sulfonamides is 1. The summed E-state index contributed by atoms with van der Waals surface area (Å²) in [5, 5.41) is 2.98. The Kier molecular flexibility index (Phi) is 4.62. The Morgan fingerprint density at radius 3 is 2.75 bits per heavy atom. The van der Waals surface area contributed by atoms with Gasteiger partial charge in [0.1, 0.15) is 10.7 Å². The number of rotatable bonds is 5. The quantitative estimate of drug-likeness (QED) is 0.858. The van der Waals surface area contributed by atoms with Gasteiger partial charge in [-0.2, -0.15) is 0 Å². The maximum absolute atomic E-state index is 12.6. The molecule has 1 aromatic heterocycles. The first-order chi connectivity index (χ1) is 9.47. The van der Waals surface area contributed by atoms with Crippen molar-refractivity contribution >= 4 is 15.8 Å². The van der Waals surface area contributed by atoms with Crippen LogP contribution in [0.25, 0.3) is 0 Å². The van der Waals surface area contributed by atoms with Crippen LogP contribution in [0, 0.1) is 0 Å². The van der Waals surface area contributed by atoms with E-state index in [-0.39, 0.29) is 4.90 Å². The number of ether oxygens (including phenoxy) is 1. The molecule has 0 saturated carbocycles. The molecule has 112 valence electrons. The van der Waals surface area contributed by atoms with E-state index in [2.05, 4.69) is 15.0 Å². The molecule has 1 fully saturated rings. The Morgan fingerprint density at radius 2 is 2.10 bits per heavy atom. The van der Waals surface area contributed by atoms with Gasteiger partial charge >= 0.3 is 0 Å². The molecule has 1 aliphatic rings. The van der Waals surface area contributed by atoms with Crippen LogP contribution >= 0.6 is 0 Å². The molecule has 1 saturated heterocycles. The fourth-order valence-corrected chi connectivity index (χ4v) is 3.81. The third-order valence-corrected chi connectivity index (χ3v) is 5.05. The Hall–Kier alpha value is -1.18. The maximum Gasteiger partial charge on any atom is 0.244 e. The summed E-state index contributed by atoms with van der Waals surface area (Å²) in [4.78, 5) is 4.28. The minimum absolute atomic E-state index is 0.189. The lowest BCUT2D eigenvalue weighted by atomic mass is 9.94. The van der Waals surface area contributed by atoms with E-state index in [1.165, 1.54) is 0 Å². The van der Waals surface area contributed by atoms with E-state index in [4.69, 9.17) is 4.74 Å². The topological polar surface area (TPSA) is 80.3 Å². The number of hydrogen-bond donors (Lipinski definition) is 2. The molecule has 2 N–H and O–H groups in total. The molecule has 7 heteroatoms. The molecule has 0 spiro atoms. The molecule has 0 aliphatic carbocycles. The fraction of sp³-hybridized carbons (Fsp3) is 0.615. The molecule has 0 unspecified atom stereocenters. The van der Waals surface area contributed by atoms with Gasteiger partial charge in [0.25, 0.3) is 0 Å². The van der Waals surface area contributed by atoms with E-state index < -0.39 is 15.6 Å². The van der Waals surface area contributed by atoms with E-state index in [9.17, 15) is 8.42 Å². The fourth-order valence-electron chi connectivity index (χ4n) is 2.21. The molecule has 0 radical (unpaired) electrons. The molecular weight excluding hydrogens is 278 g/mol. The van der Waals surface area contributed by atoms with Gasteiger partial charge in [-0.15, -0.1) is 0 Å². The normalized spacial score (nSPS) is 18.7. The molecule has 20 heavy (non-hydrogen) atoms. The summed E-state index contributed by atoms with van der Waals surface area (Å²) in [6.45, 7) is 5.58. The molecule has 0 amide bonds. The van der Waals surface area contributed by atoms with Crippen LogP contribution in [0.1, 0.15) is 26.7 Å². The van der Waals surface area contributed by atoms with Crippen LogP contribution in [0.15, 0.2) is 23.2 Å². The largest absolute Gasteiger partial charge is 0.381 e. The van der Waals surface area contributed by atoms with Crippen molar-refractivity contribution in [2.24, 2.45) is 0 Å². The predicted molar refractivity (Wildman–Crippen MR) is 77.2 cm³/mol. The van der Waals surface area contributed by atoms with Gasteiger partial charge in [0.15, 0.2) is 0 Å². The number of hydrogen-bond acceptors (Lipinski definition) is 5. The van der Waals surface area contributed by atoms with Crippen LogP contribution in [0.3, 0.4) is 0 Å². The molecule has 1 aromatic rings. The number of anilines is 1. The Balaban J connectivity index is 2.26. The number of aromatic nitrogens is 1. The van der Waals surface area contributed by atoms with Crippen LogP contribution in [0.4, 0.5) is 5.82 Å². The van der Waals surface area contributed by atoms with Crippen molar-refractivity contribution in [3.8, 4) is 0 Å². The highest BCUT2D eigenvalue weighted by Gasteiger charge is 2.33. The molecule has 6 nitrogen and oxygen atoms in total. The van der Waals surface area contributed by atoms with E-state index >= 15 is 0 Å². The second-order valence-corrected chi connectivity index (χ2v) is 6.81. The maximum atomic E-state index is 12.6. The molecular formula is C13H21N3O3S. The summed E-state index contributed by atoms with van der Waals surface area (Å²) >= 11 is 0.